The Morgan fingerprint density at radius 1 is 0.784 bits per heavy atom. The number of aromatic nitrogens is 1. The van der Waals surface area contributed by atoms with Crippen molar-refractivity contribution in [2.24, 2.45) is 32.3 Å². The van der Waals surface area contributed by atoms with Gasteiger partial charge in [0, 0.05) is 25.7 Å². The smallest absolute Gasteiger partial charge is 0.233 e. The number of nitrogens with zero attached hydrogens (tertiary/aromatic N) is 6. The number of nitrogens with one attached hydrogen (secondary N) is 1. The Bertz CT molecular complexity index is 1440. The van der Waals surface area contributed by atoms with Crippen molar-refractivity contribution in [3.05, 3.63) is 47.1 Å². The second-order valence-electron chi connectivity index (χ2n) is 13.7. The molecule has 0 aliphatic carbocycles. The van der Waals surface area contributed by atoms with E-state index in [1.54, 1.807) is 7.11 Å². The van der Waals surface area contributed by atoms with E-state index in [0.29, 0.717) is 27.7 Å². The Kier molecular flexibility index (Phi) is 20.1. The molecule has 0 amide bonds. The van der Waals surface area contributed by atoms with E-state index in [1.165, 1.54) is 87.5 Å². The van der Waals surface area contributed by atoms with E-state index in [4.69, 9.17) is 21.5 Å². The normalized spacial score (nSPS) is 12.9. The summed E-state index contributed by atoms with van der Waals surface area (Å²) in [5.41, 5.74) is 4.86. The van der Waals surface area contributed by atoms with Gasteiger partial charge in [-0.2, -0.15) is 0 Å². The molecule has 0 saturated carbocycles. The number of azo groups is 2. The van der Waals surface area contributed by atoms with Crippen LogP contribution >= 0.6 is 22.9 Å². The first-order valence-corrected chi connectivity index (χ1v) is 20.9. The number of benzene rings is 2. The minimum Gasteiger partial charge on any atom is -0.494 e. The van der Waals surface area contributed by atoms with Crippen LogP contribution in [-0.2, 0) is 6.42 Å². The molecule has 1 aromatic heterocycles. The van der Waals surface area contributed by atoms with Crippen LogP contribution in [0.5, 0.6) is 5.75 Å². The predicted octanol–water partition coefficient (Wildman–Crippen LogP) is 14.8. The summed E-state index contributed by atoms with van der Waals surface area (Å²) >= 11 is 7.75. The highest BCUT2D eigenvalue weighted by molar-refractivity contribution is 7.19. The van der Waals surface area contributed by atoms with Crippen molar-refractivity contribution in [3.63, 3.8) is 0 Å². The third-order valence-electron chi connectivity index (χ3n) is 9.59. The summed E-state index contributed by atoms with van der Waals surface area (Å²) in [5.74, 6) is 2.07. The molecule has 0 fully saturated rings. The summed E-state index contributed by atoms with van der Waals surface area (Å²) in [4.78, 5) is 7.03. The molecule has 0 aliphatic heterocycles. The quantitative estimate of drug-likeness (QED) is 0.0656. The highest BCUT2D eigenvalue weighted by Gasteiger charge is 2.22. The maximum absolute atomic E-state index is 6.48. The van der Waals surface area contributed by atoms with Crippen LogP contribution in [0.1, 0.15) is 131 Å². The van der Waals surface area contributed by atoms with E-state index in [-0.39, 0.29) is 5.15 Å². The summed E-state index contributed by atoms with van der Waals surface area (Å²) in [5, 5.41) is 22.9. The van der Waals surface area contributed by atoms with Gasteiger partial charge in [0.2, 0.25) is 5.13 Å². The fraction of sp³-hybridized carbons (Fsp3) is 0.634. The van der Waals surface area contributed by atoms with E-state index >= 15 is 0 Å². The van der Waals surface area contributed by atoms with Crippen LogP contribution in [0.3, 0.4) is 0 Å². The van der Waals surface area contributed by atoms with Crippen molar-refractivity contribution >= 4 is 55.8 Å². The van der Waals surface area contributed by atoms with Crippen molar-refractivity contribution in [1.82, 2.24) is 4.98 Å². The van der Waals surface area contributed by atoms with Gasteiger partial charge in [-0.1, -0.05) is 134 Å². The zero-order valence-corrected chi connectivity index (χ0v) is 34.1. The topological polar surface area (TPSA) is 86.8 Å². The number of anilines is 2. The maximum Gasteiger partial charge on any atom is 0.233 e. The first-order valence-electron chi connectivity index (χ1n) is 19.7. The first-order chi connectivity index (χ1) is 24.9. The van der Waals surface area contributed by atoms with Crippen LogP contribution in [0, 0.1) is 11.8 Å². The van der Waals surface area contributed by atoms with Gasteiger partial charge in [-0.15, -0.1) is 20.5 Å². The van der Waals surface area contributed by atoms with Crippen molar-refractivity contribution in [2.75, 3.05) is 37.0 Å². The van der Waals surface area contributed by atoms with E-state index in [9.17, 15) is 0 Å². The molecule has 10 heteroatoms. The number of thiazole rings is 1. The number of rotatable bonds is 26. The van der Waals surface area contributed by atoms with Gasteiger partial charge in [0.05, 0.1) is 24.2 Å². The monoisotopic (exact) mass is 737 g/mol. The fourth-order valence-corrected chi connectivity index (χ4v) is 7.10. The summed E-state index contributed by atoms with van der Waals surface area (Å²) in [6.45, 7) is 16.6. The SMILES string of the molecule is CCCCCNc1cc(N(CC(CC)CCCC)CC(CC)CCCC)c(OC)cc1N=Nc1nc(Cl)c(N=Nc2ccc(CCCC)cc2)s1. The zero-order chi connectivity index (χ0) is 36.8. The van der Waals surface area contributed by atoms with Gasteiger partial charge >= 0.3 is 0 Å². The van der Waals surface area contributed by atoms with Crippen molar-refractivity contribution in [1.29, 1.82) is 0 Å². The lowest BCUT2D eigenvalue weighted by atomic mass is 9.95. The van der Waals surface area contributed by atoms with Gasteiger partial charge in [-0.05, 0) is 67.7 Å². The molecule has 51 heavy (non-hydrogen) atoms. The van der Waals surface area contributed by atoms with Gasteiger partial charge < -0.3 is 15.0 Å². The minimum atomic E-state index is 0.265. The van der Waals surface area contributed by atoms with E-state index < -0.39 is 0 Å². The molecule has 8 nitrogen and oxygen atoms in total. The third kappa shape index (κ3) is 14.5. The molecular weight excluding hydrogens is 674 g/mol. The second-order valence-corrected chi connectivity index (χ2v) is 15.0. The van der Waals surface area contributed by atoms with Gasteiger partial charge in [0.15, 0.2) is 10.2 Å². The summed E-state index contributed by atoms with van der Waals surface area (Å²) in [6, 6.07) is 12.4. The lowest BCUT2D eigenvalue weighted by Gasteiger charge is -2.34. The van der Waals surface area contributed by atoms with Crippen molar-refractivity contribution < 1.29 is 4.74 Å². The third-order valence-corrected chi connectivity index (χ3v) is 10.8. The molecule has 0 spiro atoms. The summed E-state index contributed by atoms with van der Waals surface area (Å²) in [7, 11) is 1.76. The summed E-state index contributed by atoms with van der Waals surface area (Å²) < 4.78 is 6.10. The minimum absolute atomic E-state index is 0.265. The van der Waals surface area contributed by atoms with Crippen LogP contribution in [0.25, 0.3) is 0 Å². The van der Waals surface area contributed by atoms with Crippen LogP contribution in [0.15, 0.2) is 56.9 Å². The molecule has 0 bridgehead atoms. The van der Waals surface area contributed by atoms with E-state index in [2.05, 4.69) is 90.3 Å². The molecule has 2 unspecified atom stereocenters. The molecule has 1 N–H and O–H groups in total. The molecular formula is C41H64ClN7OS. The number of hydrogen-bond donors (Lipinski definition) is 1. The highest BCUT2D eigenvalue weighted by atomic mass is 35.5. The molecule has 282 valence electrons. The molecule has 1 heterocycles. The first kappa shape index (κ1) is 42.4. The standard InChI is InChI=1S/C41H64ClN7OS/c1-8-14-18-26-43-35-27-37(49(29-31(12-5)19-15-9-2)30-32(13-6)20-16-10-3)38(50-7)28-36(35)46-48-41-44-39(42)40(51-41)47-45-34-24-22-33(23-25-34)21-17-11-4/h22-25,27-28,31-32,43H,8-21,26,29-30H2,1-7H3. The summed E-state index contributed by atoms with van der Waals surface area (Å²) in [6.07, 6.45) is 16.6. The number of halogens is 1. The molecule has 2 aromatic carbocycles. The Hall–Kier alpha value is -3.04. The van der Waals surface area contributed by atoms with Gasteiger partial charge in [0.1, 0.15) is 11.4 Å². The number of aryl methyl sites for hydroxylation is 1. The lowest BCUT2D eigenvalue weighted by Crippen LogP contribution is -2.34. The molecule has 0 aliphatic rings. The second kappa shape index (κ2) is 24.2. The van der Waals surface area contributed by atoms with Crippen molar-refractivity contribution in [2.45, 2.75) is 131 Å². The fourth-order valence-electron chi connectivity index (χ4n) is 6.22. The lowest BCUT2D eigenvalue weighted by molar-refractivity contribution is 0.390. The van der Waals surface area contributed by atoms with Crippen LogP contribution in [0.2, 0.25) is 5.15 Å². The Balaban J connectivity index is 1.95. The number of hydrogen-bond acceptors (Lipinski definition) is 9. The maximum atomic E-state index is 6.48. The Morgan fingerprint density at radius 3 is 2.02 bits per heavy atom. The van der Waals surface area contributed by atoms with E-state index in [0.717, 1.165) is 61.7 Å². The van der Waals surface area contributed by atoms with Crippen LogP contribution in [0.4, 0.5) is 32.9 Å². The van der Waals surface area contributed by atoms with Gasteiger partial charge in [-0.25, -0.2) is 4.98 Å². The van der Waals surface area contributed by atoms with Crippen molar-refractivity contribution in [3.8, 4) is 5.75 Å². The average molecular weight is 739 g/mol. The molecule has 2 atom stereocenters. The number of methoxy groups -OCH3 is 1. The molecule has 0 radical (unpaired) electrons. The van der Waals surface area contributed by atoms with E-state index in [1.807, 2.05) is 18.2 Å². The van der Waals surface area contributed by atoms with Crippen LogP contribution in [-0.4, -0.2) is 31.7 Å². The zero-order valence-electron chi connectivity index (χ0n) is 32.5. The molecule has 3 rings (SSSR count). The van der Waals surface area contributed by atoms with Gasteiger partial charge in [-0.3, -0.25) is 0 Å². The van der Waals surface area contributed by atoms with Gasteiger partial charge in [0.25, 0.3) is 0 Å². The average Bonchev–Trinajstić information content (AvgIpc) is 3.52. The predicted molar refractivity (Wildman–Crippen MR) is 220 cm³/mol. The number of unbranched alkanes of at least 4 members (excludes halogenated alkanes) is 5. The van der Waals surface area contributed by atoms with Crippen LogP contribution < -0.4 is 15.0 Å². The molecule has 3 aromatic rings. The highest BCUT2D eigenvalue weighted by Crippen LogP contribution is 2.42. The Morgan fingerprint density at radius 2 is 1.43 bits per heavy atom. The largest absolute Gasteiger partial charge is 0.494 e. The number of ether oxygens (including phenoxy) is 1. The molecule has 0 saturated heterocycles. The Labute approximate surface area is 318 Å².